The summed E-state index contributed by atoms with van der Waals surface area (Å²) in [6, 6.07) is 0. The maximum Gasteiger partial charge on any atom is 0.472 e. The minimum absolute atomic E-state index is 0.107. The summed E-state index contributed by atoms with van der Waals surface area (Å²) in [5, 5.41) is 10.6. The average Bonchev–Trinajstić information content (AvgIpc) is 3.71. The van der Waals surface area contributed by atoms with Crippen LogP contribution in [0.25, 0.3) is 0 Å². The van der Waals surface area contributed by atoms with E-state index in [1.54, 1.807) is 0 Å². The second-order valence-corrected chi connectivity index (χ2v) is 27.7. The van der Waals surface area contributed by atoms with E-state index in [0.29, 0.717) is 25.7 Å². The normalized spacial score (nSPS) is 14.4. The lowest BCUT2D eigenvalue weighted by atomic mass is 9.99. The minimum Gasteiger partial charge on any atom is -0.462 e. The summed E-state index contributed by atoms with van der Waals surface area (Å²) in [4.78, 5) is 72.3. The highest BCUT2D eigenvalue weighted by atomic mass is 31.2. The molecule has 0 fully saturated rings. The number of hydrogen-bond donors (Lipinski definition) is 3. The number of aliphatic hydroxyl groups excluding tert-OH is 1. The summed E-state index contributed by atoms with van der Waals surface area (Å²) >= 11 is 0. The fourth-order valence-electron chi connectivity index (χ4n) is 10.3. The van der Waals surface area contributed by atoms with Crippen LogP contribution in [0.3, 0.4) is 0 Å². The first kappa shape index (κ1) is 85.1. The number of esters is 4. The molecule has 0 aromatic heterocycles. The Bertz CT molecular complexity index is 1690. The van der Waals surface area contributed by atoms with Crippen molar-refractivity contribution in [1.29, 1.82) is 0 Å². The maximum absolute atomic E-state index is 13.0. The number of carbonyl (C=O) groups is 4. The minimum atomic E-state index is -4.95. The van der Waals surface area contributed by atoms with Crippen LogP contribution >= 0.6 is 15.6 Å². The van der Waals surface area contributed by atoms with Crippen molar-refractivity contribution in [2.24, 2.45) is 5.92 Å². The number of unbranched alkanes of at least 4 members (excludes halogenated alkanes) is 39. The van der Waals surface area contributed by atoms with Crippen LogP contribution in [0, 0.1) is 5.92 Å². The van der Waals surface area contributed by atoms with Crippen LogP contribution in [0.2, 0.25) is 0 Å². The van der Waals surface area contributed by atoms with Gasteiger partial charge in [0.25, 0.3) is 0 Å². The number of phosphoric acid groups is 2. The highest BCUT2D eigenvalue weighted by Crippen LogP contribution is 2.45. The van der Waals surface area contributed by atoms with Crippen molar-refractivity contribution >= 4 is 39.5 Å². The van der Waals surface area contributed by atoms with Gasteiger partial charge in [0.05, 0.1) is 26.4 Å². The Hall–Kier alpha value is -1.94. The monoisotopic (exact) mass is 1280 g/mol. The molecule has 0 heterocycles. The lowest BCUT2D eigenvalue weighted by molar-refractivity contribution is -0.161. The Morgan fingerprint density at radius 1 is 0.322 bits per heavy atom. The summed E-state index contributed by atoms with van der Waals surface area (Å²) in [5.74, 6) is -1.32. The van der Waals surface area contributed by atoms with Crippen molar-refractivity contribution in [2.45, 2.75) is 368 Å². The quantitative estimate of drug-likeness (QED) is 0.0222. The first-order chi connectivity index (χ1) is 42.1. The number of ether oxygens (including phenoxy) is 4. The van der Waals surface area contributed by atoms with E-state index < -0.39 is 97.5 Å². The van der Waals surface area contributed by atoms with Crippen molar-refractivity contribution in [3.63, 3.8) is 0 Å². The van der Waals surface area contributed by atoms with Crippen molar-refractivity contribution in [3.8, 4) is 0 Å². The van der Waals surface area contributed by atoms with Gasteiger partial charge in [0.15, 0.2) is 12.2 Å². The molecule has 19 heteroatoms. The van der Waals surface area contributed by atoms with Gasteiger partial charge in [-0.1, -0.05) is 298 Å². The van der Waals surface area contributed by atoms with E-state index in [2.05, 4.69) is 34.6 Å². The highest BCUT2D eigenvalue weighted by Gasteiger charge is 2.30. The van der Waals surface area contributed by atoms with Crippen LogP contribution in [0.1, 0.15) is 349 Å². The van der Waals surface area contributed by atoms with Gasteiger partial charge in [-0.25, -0.2) is 9.13 Å². The number of carbonyl (C=O) groups excluding carboxylic acids is 4. The predicted molar refractivity (Wildman–Crippen MR) is 349 cm³/mol. The van der Waals surface area contributed by atoms with Gasteiger partial charge in [-0.15, -0.1) is 0 Å². The van der Waals surface area contributed by atoms with E-state index in [1.807, 2.05) is 0 Å². The second-order valence-electron chi connectivity index (χ2n) is 24.8. The Morgan fingerprint density at radius 2 is 0.552 bits per heavy atom. The molecule has 0 spiro atoms. The van der Waals surface area contributed by atoms with E-state index in [4.69, 9.17) is 37.0 Å². The molecule has 6 atom stereocenters. The molecule has 0 amide bonds. The molecular formula is C68H132O17P2. The van der Waals surface area contributed by atoms with Crippen molar-refractivity contribution in [3.05, 3.63) is 0 Å². The SMILES string of the molecule is CCCCCCCCCCCCCCCCC(=O)OC[C@H](COP(=O)(O)OC[C@@H](O)COP(=O)(O)OC[C@@H](COC(=O)CCCCCCCCC)OC(=O)CCCCCCCCCCCCCC)OC(=O)CCCCCCCCCCCCC(C)CC. The molecule has 87 heavy (non-hydrogen) atoms. The van der Waals surface area contributed by atoms with E-state index >= 15 is 0 Å². The average molecular weight is 1280 g/mol. The number of hydrogen-bond acceptors (Lipinski definition) is 15. The smallest absolute Gasteiger partial charge is 0.462 e. The third-order valence-corrected chi connectivity index (χ3v) is 18.0. The highest BCUT2D eigenvalue weighted by molar-refractivity contribution is 7.47. The predicted octanol–water partition coefficient (Wildman–Crippen LogP) is 19.4. The van der Waals surface area contributed by atoms with Gasteiger partial charge in [-0.2, -0.15) is 0 Å². The molecule has 0 rings (SSSR count). The zero-order chi connectivity index (χ0) is 64.2. The molecule has 0 radical (unpaired) electrons. The zero-order valence-corrected chi connectivity index (χ0v) is 57.9. The fourth-order valence-corrected chi connectivity index (χ4v) is 11.8. The number of rotatable bonds is 68. The standard InChI is InChI=1S/C68H132O17P2/c1-6-10-13-16-19-21-23-25-26-28-32-37-42-47-52-66(71)79-58-64(85-68(73)54-49-44-39-34-30-29-31-36-40-45-50-61(5)9-4)60-83-87(76,77)81-56-62(69)55-80-86(74,75)82-59-63(57-78-65(70)51-46-41-35-18-15-12-8-3)84-67(72)53-48-43-38-33-27-24-22-20-17-14-11-7-2/h61-64,69H,6-60H2,1-5H3,(H,74,75)(H,76,77)/t61?,62-,63+,64+/m0/s1. The Balaban J connectivity index is 5.22. The largest absolute Gasteiger partial charge is 0.472 e. The number of aliphatic hydroxyl groups is 1. The lowest BCUT2D eigenvalue weighted by Crippen LogP contribution is -2.30. The second kappa shape index (κ2) is 61.6. The fraction of sp³-hybridized carbons (Fsp3) is 0.941. The molecule has 0 aliphatic heterocycles. The molecule has 3 N–H and O–H groups in total. The molecular weight excluding hydrogens is 1150 g/mol. The summed E-state index contributed by atoms with van der Waals surface area (Å²) in [5.41, 5.74) is 0. The van der Waals surface area contributed by atoms with E-state index in [-0.39, 0.29) is 25.7 Å². The summed E-state index contributed by atoms with van der Waals surface area (Å²) < 4.78 is 68.1. The van der Waals surface area contributed by atoms with E-state index in [1.165, 1.54) is 161 Å². The third-order valence-electron chi connectivity index (χ3n) is 16.1. The van der Waals surface area contributed by atoms with Crippen LogP contribution in [0.4, 0.5) is 0 Å². The third kappa shape index (κ3) is 61.3. The molecule has 0 aliphatic rings. The molecule has 17 nitrogen and oxygen atoms in total. The maximum atomic E-state index is 13.0. The van der Waals surface area contributed by atoms with Crippen LogP contribution < -0.4 is 0 Å². The van der Waals surface area contributed by atoms with Crippen molar-refractivity contribution in [1.82, 2.24) is 0 Å². The molecule has 0 aromatic rings. The lowest BCUT2D eigenvalue weighted by Gasteiger charge is -2.21. The molecule has 0 aromatic carbocycles. The van der Waals surface area contributed by atoms with Crippen LogP contribution in [0.15, 0.2) is 0 Å². The Kier molecular flexibility index (Phi) is 60.2. The van der Waals surface area contributed by atoms with Gasteiger partial charge in [0, 0.05) is 25.7 Å². The first-order valence-corrected chi connectivity index (χ1v) is 38.7. The summed E-state index contributed by atoms with van der Waals surface area (Å²) in [7, 11) is -9.89. The van der Waals surface area contributed by atoms with Gasteiger partial charge >= 0.3 is 39.5 Å². The van der Waals surface area contributed by atoms with E-state index in [0.717, 1.165) is 109 Å². The van der Waals surface area contributed by atoms with Gasteiger partial charge in [-0.3, -0.25) is 37.3 Å². The van der Waals surface area contributed by atoms with Crippen LogP contribution in [-0.2, 0) is 65.4 Å². The molecule has 0 bridgehead atoms. The Morgan fingerprint density at radius 3 is 0.816 bits per heavy atom. The van der Waals surface area contributed by atoms with Crippen LogP contribution in [0.5, 0.6) is 0 Å². The molecule has 0 saturated heterocycles. The van der Waals surface area contributed by atoms with Crippen molar-refractivity contribution in [2.75, 3.05) is 39.6 Å². The van der Waals surface area contributed by atoms with Gasteiger partial charge in [-0.05, 0) is 31.6 Å². The van der Waals surface area contributed by atoms with Crippen LogP contribution in [-0.4, -0.2) is 96.7 Å². The molecule has 0 saturated carbocycles. The molecule has 516 valence electrons. The summed E-state index contributed by atoms with van der Waals surface area (Å²) in [6.45, 7) is 7.22. The Labute approximate surface area is 530 Å². The van der Waals surface area contributed by atoms with Crippen molar-refractivity contribution < 1.29 is 80.2 Å². The first-order valence-electron chi connectivity index (χ1n) is 35.7. The molecule has 3 unspecified atom stereocenters. The zero-order valence-electron chi connectivity index (χ0n) is 56.2. The topological polar surface area (TPSA) is 237 Å². The van der Waals surface area contributed by atoms with Gasteiger partial charge < -0.3 is 33.8 Å². The van der Waals surface area contributed by atoms with Gasteiger partial charge in [0.1, 0.15) is 19.3 Å². The molecule has 0 aliphatic carbocycles. The number of phosphoric ester groups is 2. The van der Waals surface area contributed by atoms with E-state index in [9.17, 15) is 43.2 Å². The van der Waals surface area contributed by atoms with Gasteiger partial charge in [0.2, 0.25) is 0 Å². The summed E-state index contributed by atoms with van der Waals surface area (Å²) in [6.07, 6.45) is 47.1.